The maximum Gasteiger partial charge on any atom is 0.264 e. The molecule has 1 aliphatic rings. The molecule has 21 heavy (non-hydrogen) atoms. The van der Waals surface area contributed by atoms with Crippen LogP contribution in [0.3, 0.4) is 0 Å². The van der Waals surface area contributed by atoms with E-state index in [-0.39, 0.29) is 0 Å². The third-order valence-corrected chi connectivity index (χ3v) is 3.84. The van der Waals surface area contributed by atoms with Crippen molar-refractivity contribution in [2.24, 2.45) is 0 Å². The molecule has 5 nitrogen and oxygen atoms in total. The molecule has 3 rings (SSSR count). The lowest BCUT2D eigenvalue weighted by atomic mass is 9.87. The molecule has 0 radical (unpaired) electrons. The van der Waals surface area contributed by atoms with Gasteiger partial charge in [-0.05, 0) is 49.9 Å². The Labute approximate surface area is 124 Å². The van der Waals surface area contributed by atoms with Gasteiger partial charge in [-0.3, -0.25) is 0 Å². The van der Waals surface area contributed by atoms with Crippen molar-refractivity contribution in [1.29, 1.82) is 0 Å². The number of nitrogens with one attached hydrogen (secondary N) is 1. The third kappa shape index (κ3) is 3.08. The lowest BCUT2D eigenvalue weighted by Crippen LogP contribution is -2.25. The SMILES string of the molecule is CCNC1CCCc2c(OCc3nc(C)no3)cccc21. The summed E-state index contributed by atoms with van der Waals surface area (Å²) in [5.74, 6) is 2.09. The fourth-order valence-corrected chi connectivity index (χ4v) is 2.95. The van der Waals surface area contributed by atoms with Crippen molar-refractivity contribution in [3.05, 3.63) is 41.0 Å². The summed E-state index contributed by atoms with van der Waals surface area (Å²) in [6.07, 6.45) is 3.44. The maximum absolute atomic E-state index is 5.91. The minimum atomic E-state index is 0.323. The standard InChI is InChI=1S/C16H21N3O2/c1-3-17-14-8-4-7-13-12(14)6-5-9-15(13)20-10-16-18-11(2)19-21-16/h5-6,9,14,17H,3-4,7-8,10H2,1-2H3. The summed E-state index contributed by atoms with van der Waals surface area (Å²) < 4.78 is 11.0. The van der Waals surface area contributed by atoms with E-state index in [1.165, 1.54) is 24.0 Å². The Morgan fingerprint density at radius 2 is 2.33 bits per heavy atom. The Morgan fingerprint density at radius 1 is 1.43 bits per heavy atom. The number of aryl methyl sites for hydroxylation is 1. The van der Waals surface area contributed by atoms with E-state index in [1.807, 2.05) is 6.07 Å². The molecule has 0 bridgehead atoms. The van der Waals surface area contributed by atoms with Crippen LogP contribution in [-0.2, 0) is 13.0 Å². The second kappa shape index (κ2) is 6.26. The van der Waals surface area contributed by atoms with Crippen LogP contribution in [0.2, 0.25) is 0 Å². The van der Waals surface area contributed by atoms with E-state index in [9.17, 15) is 0 Å². The van der Waals surface area contributed by atoms with E-state index in [0.29, 0.717) is 24.4 Å². The van der Waals surface area contributed by atoms with Crippen LogP contribution < -0.4 is 10.1 Å². The highest BCUT2D eigenvalue weighted by molar-refractivity contribution is 5.43. The molecule has 0 saturated carbocycles. The molecule has 1 unspecified atom stereocenters. The fourth-order valence-electron chi connectivity index (χ4n) is 2.95. The monoisotopic (exact) mass is 287 g/mol. The predicted molar refractivity (Wildman–Crippen MR) is 79.2 cm³/mol. The molecule has 1 aliphatic carbocycles. The van der Waals surface area contributed by atoms with Gasteiger partial charge in [0.15, 0.2) is 12.4 Å². The zero-order valence-corrected chi connectivity index (χ0v) is 12.6. The average molecular weight is 287 g/mol. The molecule has 0 saturated heterocycles. The highest BCUT2D eigenvalue weighted by atomic mass is 16.5. The normalized spacial score (nSPS) is 17.5. The largest absolute Gasteiger partial charge is 0.483 e. The van der Waals surface area contributed by atoms with Crippen molar-refractivity contribution in [3.63, 3.8) is 0 Å². The maximum atomic E-state index is 5.91. The first-order chi connectivity index (χ1) is 10.3. The minimum absolute atomic E-state index is 0.323. The molecule has 1 N–H and O–H groups in total. The molecule has 1 aromatic heterocycles. The van der Waals surface area contributed by atoms with Gasteiger partial charge >= 0.3 is 0 Å². The summed E-state index contributed by atoms with van der Waals surface area (Å²) >= 11 is 0. The van der Waals surface area contributed by atoms with E-state index >= 15 is 0 Å². The second-order valence-electron chi connectivity index (χ2n) is 5.35. The summed E-state index contributed by atoms with van der Waals surface area (Å²) in [5.41, 5.74) is 2.67. The summed E-state index contributed by atoms with van der Waals surface area (Å²) in [4.78, 5) is 4.17. The van der Waals surface area contributed by atoms with Crippen molar-refractivity contribution in [1.82, 2.24) is 15.5 Å². The van der Waals surface area contributed by atoms with E-state index < -0.39 is 0 Å². The van der Waals surface area contributed by atoms with Crippen molar-refractivity contribution in [3.8, 4) is 5.75 Å². The predicted octanol–water partition coefficient (Wildman–Crippen LogP) is 2.94. The van der Waals surface area contributed by atoms with Gasteiger partial charge in [0.05, 0.1) is 0 Å². The molecule has 112 valence electrons. The van der Waals surface area contributed by atoms with Gasteiger partial charge in [-0.25, -0.2) is 0 Å². The minimum Gasteiger partial charge on any atom is -0.483 e. The quantitative estimate of drug-likeness (QED) is 0.916. The van der Waals surface area contributed by atoms with Gasteiger partial charge in [-0.15, -0.1) is 0 Å². The molecule has 0 fully saturated rings. The Bertz CT molecular complexity index is 609. The van der Waals surface area contributed by atoms with Crippen LogP contribution in [0, 0.1) is 6.92 Å². The average Bonchev–Trinajstić information content (AvgIpc) is 2.91. The van der Waals surface area contributed by atoms with E-state index in [2.05, 4.69) is 34.5 Å². The van der Waals surface area contributed by atoms with Crippen LogP contribution in [0.15, 0.2) is 22.7 Å². The van der Waals surface area contributed by atoms with Crippen LogP contribution in [0.25, 0.3) is 0 Å². The Balaban J connectivity index is 1.78. The lowest BCUT2D eigenvalue weighted by molar-refractivity contribution is 0.239. The Kier molecular flexibility index (Phi) is 4.20. The molecule has 1 atom stereocenters. The van der Waals surface area contributed by atoms with E-state index in [4.69, 9.17) is 9.26 Å². The second-order valence-corrected chi connectivity index (χ2v) is 5.35. The van der Waals surface area contributed by atoms with Gasteiger partial charge in [-0.2, -0.15) is 4.98 Å². The van der Waals surface area contributed by atoms with Crippen LogP contribution in [0.1, 0.15) is 48.6 Å². The molecule has 1 aromatic carbocycles. The molecule has 0 aliphatic heterocycles. The first-order valence-electron chi connectivity index (χ1n) is 7.55. The van der Waals surface area contributed by atoms with Crippen LogP contribution in [-0.4, -0.2) is 16.7 Å². The van der Waals surface area contributed by atoms with Crippen molar-refractivity contribution >= 4 is 0 Å². The zero-order chi connectivity index (χ0) is 14.7. The Hall–Kier alpha value is -1.88. The third-order valence-electron chi connectivity index (χ3n) is 3.84. The van der Waals surface area contributed by atoms with Crippen LogP contribution in [0.4, 0.5) is 0 Å². The number of nitrogens with zero attached hydrogens (tertiary/aromatic N) is 2. The van der Waals surface area contributed by atoms with Crippen LogP contribution in [0.5, 0.6) is 5.75 Å². The fraction of sp³-hybridized carbons (Fsp3) is 0.500. The molecule has 5 heteroatoms. The summed E-state index contributed by atoms with van der Waals surface area (Å²) in [6.45, 7) is 5.25. The molecular weight excluding hydrogens is 266 g/mol. The van der Waals surface area contributed by atoms with Crippen molar-refractivity contribution in [2.45, 2.75) is 45.8 Å². The number of ether oxygens (including phenoxy) is 1. The number of hydrogen-bond donors (Lipinski definition) is 1. The summed E-state index contributed by atoms with van der Waals surface area (Å²) in [6, 6.07) is 6.72. The van der Waals surface area contributed by atoms with Crippen molar-refractivity contribution < 1.29 is 9.26 Å². The number of fused-ring (bicyclic) bond motifs is 1. The van der Waals surface area contributed by atoms with E-state index in [0.717, 1.165) is 18.7 Å². The molecule has 0 spiro atoms. The van der Waals surface area contributed by atoms with Gasteiger partial charge in [-0.1, -0.05) is 24.2 Å². The number of aromatic nitrogens is 2. The highest BCUT2D eigenvalue weighted by Gasteiger charge is 2.22. The molecular formula is C16H21N3O2. The first kappa shape index (κ1) is 14.1. The number of hydrogen-bond acceptors (Lipinski definition) is 5. The van der Waals surface area contributed by atoms with Gasteiger partial charge in [0.25, 0.3) is 5.89 Å². The number of rotatable bonds is 5. The molecule has 0 amide bonds. The zero-order valence-electron chi connectivity index (χ0n) is 12.6. The molecule has 2 aromatic rings. The summed E-state index contributed by atoms with van der Waals surface area (Å²) in [5, 5.41) is 7.33. The van der Waals surface area contributed by atoms with E-state index in [1.54, 1.807) is 6.92 Å². The highest BCUT2D eigenvalue weighted by Crippen LogP contribution is 2.35. The topological polar surface area (TPSA) is 60.2 Å². The van der Waals surface area contributed by atoms with Crippen molar-refractivity contribution in [2.75, 3.05) is 6.54 Å². The number of benzene rings is 1. The Morgan fingerprint density at radius 3 is 3.10 bits per heavy atom. The van der Waals surface area contributed by atoms with Gasteiger partial charge in [0.2, 0.25) is 0 Å². The summed E-state index contributed by atoms with van der Waals surface area (Å²) in [7, 11) is 0. The van der Waals surface area contributed by atoms with Crippen LogP contribution >= 0.6 is 0 Å². The lowest BCUT2D eigenvalue weighted by Gasteiger charge is -2.27. The van der Waals surface area contributed by atoms with Gasteiger partial charge in [0, 0.05) is 6.04 Å². The smallest absolute Gasteiger partial charge is 0.264 e. The first-order valence-corrected chi connectivity index (χ1v) is 7.55. The van der Waals surface area contributed by atoms with Gasteiger partial charge in [0.1, 0.15) is 5.75 Å². The van der Waals surface area contributed by atoms with Gasteiger partial charge < -0.3 is 14.6 Å². The molecule has 1 heterocycles.